The lowest BCUT2D eigenvalue weighted by atomic mass is 9.94. The molecule has 2 aromatic heterocycles. The predicted octanol–water partition coefficient (Wildman–Crippen LogP) is 5.39. The molecule has 0 radical (unpaired) electrons. The number of aryl methyl sites for hydroxylation is 1. The van der Waals surface area contributed by atoms with Crippen molar-refractivity contribution in [1.29, 1.82) is 0 Å². The molecule has 4 rings (SSSR count). The lowest BCUT2D eigenvalue weighted by molar-refractivity contribution is 0.0240. The molecule has 1 N–H and O–H groups in total. The predicted molar refractivity (Wildman–Crippen MR) is 119 cm³/mol. The number of nitrogens with zero attached hydrogens (tertiary/aromatic N) is 1. The average Bonchev–Trinajstić information content (AvgIpc) is 3.34. The van der Waals surface area contributed by atoms with E-state index in [1.807, 2.05) is 6.07 Å². The molecule has 0 spiro atoms. The Morgan fingerprint density at radius 3 is 2.69 bits per heavy atom. The maximum Gasteiger partial charge on any atom is 0.291 e. The maximum atomic E-state index is 12.7. The summed E-state index contributed by atoms with van der Waals surface area (Å²) in [5, 5.41) is 3.97. The Kier molecular flexibility index (Phi) is 6.20. The Labute approximate surface area is 182 Å². The summed E-state index contributed by atoms with van der Waals surface area (Å²) in [6.45, 7) is 7.34. The fraction of sp³-hybridized carbons (Fsp3) is 0.318. The second-order valence-corrected chi connectivity index (χ2v) is 9.20. The summed E-state index contributed by atoms with van der Waals surface area (Å²) in [7, 11) is 0. The van der Waals surface area contributed by atoms with Crippen molar-refractivity contribution in [3.63, 3.8) is 0 Å². The zero-order valence-corrected chi connectivity index (χ0v) is 18.8. The van der Waals surface area contributed by atoms with Gasteiger partial charge in [0, 0.05) is 28.0 Å². The Morgan fingerprint density at radius 2 is 2.00 bits per heavy atom. The van der Waals surface area contributed by atoms with Gasteiger partial charge in [-0.2, -0.15) is 0 Å². The highest BCUT2D eigenvalue weighted by molar-refractivity contribution is 9.10. The molecule has 1 atom stereocenters. The molecule has 1 saturated heterocycles. The van der Waals surface area contributed by atoms with Crippen molar-refractivity contribution in [3.05, 3.63) is 74.5 Å². The maximum absolute atomic E-state index is 12.7. The molecule has 1 aliphatic heterocycles. The first-order valence-electron chi connectivity index (χ1n) is 9.56. The van der Waals surface area contributed by atoms with E-state index in [1.165, 1.54) is 22.3 Å². The van der Waals surface area contributed by atoms with Crippen molar-refractivity contribution >= 4 is 38.2 Å². The van der Waals surface area contributed by atoms with Crippen LogP contribution in [0.4, 0.5) is 5.00 Å². The molecule has 1 aliphatic rings. The minimum Gasteiger partial charge on any atom is -0.459 e. The number of thiophene rings is 1. The molecule has 0 saturated carbocycles. The van der Waals surface area contributed by atoms with Crippen LogP contribution in [0.2, 0.25) is 0 Å². The molecule has 5 nitrogen and oxygen atoms in total. The van der Waals surface area contributed by atoms with Gasteiger partial charge in [0.2, 0.25) is 0 Å². The van der Waals surface area contributed by atoms with E-state index in [2.05, 4.69) is 58.2 Å². The van der Waals surface area contributed by atoms with Gasteiger partial charge in [-0.1, -0.05) is 28.1 Å². The van der Waals surface area contributed by atoms with Crippen molar-refractivity contribution in [2.45, 2.75) is 19.9 Å². The van der Waals surface area contributed by atoms with E-state index >= 15 is 0 Å². The van der Waals surface area contributed by atoms with Gasteiger partial charge < -0.3 is 14.5 Å². The largest absolute Gasteiger partial charge is 0.459 e. The summed E-state index contributed by atoms with van der Waals surface area (Å²) in [4.78, 5) is 16.3. The third-order valence-corrected chi connectivity index (χ3v) is 6.88. The first kappa shape index (κ1) is 20.3. The molecule has 0 aliphatic carbocycles. The zero-order chi connectivity index (χ0) is 20.4. The highest BCUT2D eigenvalue weighted by atomic mass is 79.9. The van der Waals surface area contributed by atoms with Crippen LogP contribution < -0.4 is 5.32 Å². The van der Waals surface area contributed by atoms with Gasteiger partial charge in [-0.3, -0.25) is 9.69 Å². The lowest BCUT2D eigenvalue weighted by Gasteiger charge is -2.35. The minimum absolute atomic E-state index is 0.0354. The molecule has 29 heavy (non-hydrogen) atoms. The van der Waals surface area contributed by atoms with Crippen LogP contribution in [0.1, 0.15) is 38.2 Å². The van der Waals surface area contributed by atoms with E-state index in [9.17, 15) is 4.79 Å². The first-order valence-corrected chi connectivity index (χ1v) is 11.2. The van der Waals surface area contributed by atoms with E-state index in [1.54, 1.807) is 23.5 Å². The Hall–Kier alpha value is -1.93. The highest BCUT2D eigenvalue weighted by Gasteiger charge is 2.30. The number of morpholine rings is 1. The summed E-state index contributed by atoms with van der Waals surface area (Å²) in [6, 6.07) is 11.8. The molecule has 7 heteroatoms. The molecule has 3 aromatic rings. The first-order chi connectivity index (χ1) is 14.0. The fourth-order valence-electron chi connectivity index (χ4n) is 3.71. The smallest absolute Gasteiger partial charge is 0.291 e. The monoisotopic (exact) mass is 474 g/mol. The Balaban J connectivity index is 1.78. The van der Waals surface area contributed by atoms with Crippen LogP contribution in [0, 0.1) is 13.8 Å². The number of ether oxygens (including phenoxy) is 1. The number of hydrogen-bond donors (Lipinski definition) is 1. The second kappa shape index (κ2) is 8.83. The van der Waals surface area contributed by atoms with Crippen LogP contribution in [0.15, 0.2) is 51.6 Å². The molecule has 1 amide bonds. The number of benzene rings is 1. The molecule has 0 unspecified atom stereocenters. The van der Waals surface area contributed by atoms with Crippen LogP contribution in [0.5, 0.6) is 0 Å². The van der Waals surface area contributed by atoms with E-state index < -0.39 is 0 Å². The van der Waals surface area contributed by atoms with Crippen molar-refractivity contribution in [2.24, 2.45) is 0 Å². The molecule has 152 valence electrons. The normalized spacial score (nSPS) is 16.0. The van der Waals surface area contributed by atoms with E-state index in [-0.39, 0.29) is 11.9 Å². The topological polar surface area (TPSA) is 54.7 Å². The van der Waals surface area contributed by atoms with Crippen LogP contribution in [-0.4, -0.2) is 37.1 Å². The lowest BCUT2D eigenvalue weighted by Crippen LogP contribution is -2.40. The SMILES string of the molecule is Cc1sc(NC(=O)c2ccco2)c([C@@H](c2cccc(Br)c2)N2CCOCC2)c1C. The van der Waals surface area contributed by atoms with Gasteiger partial charge in [-0.05, 0) is 49.2 Å². The van der Waals surface area contributed by atoms with Gasteiger partial charge in [0.25, 0.3) is 5.91 Å². The summed E-state index contributed by atoms with van der Waals surface area (Å²) in [5.74, 6) is 0.0810. The summed E-state index contributed by atoms with van der Waals surface area (Å²) < 4.78 is 11.9. The number of anilines is 1. The standard InChI is InChI=1S/C22H23BrN2O3S/c1-14-15(2)29-22(24-21(26)18-7-4-10-28-18)19(14)20(25-8-11-27-12-9-25)16-5-3-6-17(23)13-16/h3-7,10,13,20H,8-9,11-12H2,1-2H3,(H,24,26)/t20-/m1/s1. The summed E-state index contributed by atoms with van der Waals surface area (Å²) in [6.07, 6.45) is 1.51. The number of amides is 1. The quantitative estimate of drug-likeness (QED) is 0.538. The van der Waals surface area contributed by atoms with Crippen molar-refractivity contribution in [3.8, 4) is 0 Å². The van der Waals surface area contributed by atoms with E-state index in [0.29, 0.717) is 19.0 Å². The number of rotatable bonds is 5. The van der Waals surface area contributed by atoms with Gasteiger partial charge in [0.15, 0.2) is 5.76 Å². The zero-order valence-electron chi connectivity index (χ0n) is 16.4. The molecule has 1 aromatic carbocycles. The van der Waals surface area contributed by atoms with E-state index in [4.69, 9.17) is 9.15 Å². The molecule has 1 fully saturated rings. The van der Waals surface area contributed by atoms with Crippen molar-refractivity contribution < 1.29 is 13.9 Å². The number of halogens is 1. The van der Waals surface area contributed by atoms with Crippen LogP contribution in [0.3, 0.4) is 0 Å². The van der Waals surface area contributed by atoms with Crippen molar-refractivity contribution in [1.82, 2.24) is 4.90 Å². The van der Waals surface area contributed by atoms with Crippen LogP contribution in [-0.2, 0) is 4.74 Å². The number of carbonyl (C=O) groups is 1. The Bertz CT molecular complexity index is 994. The third-order valence-electron chi connectivity index (χ3n) is 5.25. The molecule has 3 heterocycles. The van der Waals surface area contributed by atoms with E-state index in [0.717, 1.165) is 28.1 Å². The third kappa shape index (κ3) is 4.33. The molecular weight excluding hydrogens is 452 g/mol. The highest BCUT2D eigenvalue weighted by Crippen LogP contribution is 2.43. The van der Waals surface area contributed by atoms with Gasteiger partial charge in [0.1, 0.15) is 5.00 Å². The Morgan fingerprint density at radius 1 is 1.21 bits per heavy atom. The van der Waals surface area contributed by atoms with Crippen LogP contribution in [0.25, 0.3) is 0 Å². The molecular formula is C22H23BrN2O3S. The number of furan rings is 1. The van der Waals surface area contributed by atoms with Gasteiger partial charge in [0.05, 0.1) is 25.5 Å². The minimum atomic E-state index is -0.229. The average molecular weight is 475 g/mol. The number of carbonyl (C=O) groups excluding carboxylic acids is 1. The number of hydrogen-bond acceptors (Lipinski definition) is 5. The van der Waals surface area contributed by atoms with Crippen LogP contribution >= 0.6 is 27.3 Å². The summed E-state index contributed by atoms with van der Waals surface area (Å²) in [5.41, 5.74) is 3.55. The molecule has 0 bridgehead atoms. The van der Waals surface area contributed by atoms with Gasteiger partial charge in [-0.15, -0.1) is 11.3 Å². The van der Waals surface area contributed by atoms with Gasteiger partial charge >= 0.3 is 0 Å². The second-order valence-electron chi connectivity index (χ2n) is 7.06. The van der Waals surface area contributed by atoms with Gasteiger partial charge in [-0.25, -0.2) is 0 Å². The van der Waals surface area contributed by atoms with Crippen molar-refractivity contribution in [2.75, 3.05) is 31.6 Å². The summed E-state index contributed by atoms with van der Waals surface area (Å²) >= 11 is 5.23. The number of nitrogens with one attached hydrogen (secondary N) is 1. The fourth-order valence-corrected chi connectivity index (χ4v) is 5.22.